The zero-order valence-electron chi connectivity index (χ0n) is 6.66. The number of hydrogen-bond acceptors (Lipinski definition) is 3. The van der Waals surface area contributed by atoms with Gasteiger partial charge in [0, 0.05) is 19.6 Å². The Balaban J connectivity index is 2.38. The molecule has 4 heteroatoms. The fourth-order valence-electron chi connectivity index (χ4n) is 1.50. The van der Waals surface area contributed by atoms with Gasteiger partial charge in [0.2, 0.25) is 0 Å². The van der Waals surface area contributed by atoms with E-state index in [1.165, 1.54) is 0 Å². The van der Waals surface area contributed by atoms with Gasteiger partial charge in [0.1, 0.15) is 0 Å². The summed E-state index contributed by atoms with van der Waals surface area (Å²) in [6, 6.07) is 0. The standard InChI is InChI=1S/C7H14N2O2/c1-9-3-5(4-9)6(2-8)7(10)11/h5-6H,2-4,8H2,1H3,(H,10,11). The summed E-state index contributed by atoms with van der Waals surface area (Å²) in [5.41, 5.74) is 5.33. The molecule has 1 aliphatic rings. The summed E-state index contributed by atoms with van der Waals surface area (Å²) in [6.07, 6.45) is 0. The lowest BCUT2D eigenvalue weighted by Crippen LogP contribution is -2.51. The van der Waals surface area contributed by atoms with Crippen molar-refractivity contribution in [1.29, 1.82) is 0 Å². The van der Waals surface area contributed by atoms with Gasteiger partial charge in [0.15, 0.2) is 0 Å². The minimum Gasteiger partial charge on any atom is -0.481 e. The van der Waals surface area contributed by atoms with Gasteiger partial charge in [0.05, 0.1) is 5.92 Å². The Morgan fingerprint density at radius 2 is 2.36 bits per heavy atom. The lowest BCUT2D eigenvalue weighted by Gasteiger charge is -2.39. The van der Waals surface area contributed by atoms with Crippen molar-refractivity contribution in [3.8, 4) is 0 Å². The van der Waals surface area contributed by atoms with Gasteiger partial charge in [-0.05, 0) is 13.0 Å². The zero-order chi connectivity index (χ0) is 8.43. The van der Waals surface area contributed by atoms with Crippen LogP contribution in [0.3, 0.4) is 0 Å². The molecule has 1 rings (SSSR count). The minimum absolute atomic E-state index is 0.258. The highest BCUT2D eigenvalue weighted by atomic mass is 16.4. The Kier molecular flexibility index (Phi) is 2.46. The van der Waals surface area contributed by atoms with Gasteiger partial charge >= 0.3 is 5.97 Å². The molecular formula is C7H14N2O2. The van der Waals surface area contributed by atoms with E-state index in [4.69, 9.17) is 10.8 Å². The van der Waals surface area contributed by atoms with Crippen LogP contribution >= 0.6 is 0 Å². The second kappa shape index (κ2) is 3.19. The molecule has 0 bridgehead atoms. The van der Waals surface area contributed by atoms with Crippen molar-refractivity contribution in [1.82, 2.24) is 4.90 Å². The maximum absolute atomic E-state index is 10.6. The van der Waals surface area contributed by atoms with E-state index < -0.39 is 5.97 Å². The molecule has 0 aliphatic carbocycles. The quantitative estimate of drug-likeness (QED) is 0.564. The molecule has 0 aromatic heterocycles. The van der Waals surface area contributed by atoms with Crippen molar-refractivity contribution in [2.24, 2.45) is 17.6 Å². The maximum atomic E-state index is 10.6. The van der Waals surface area contributed by atoms with Crippen molar-refractivity contribution < 1.29 is 9.90 Å². The highest BCUT2D eigenvalue weighted by Gasteiger charge is 2.34. The van der Waals surface area contributed by atoms with E-state index in [0.29, 0.717) is 0 Å². The van der Waals surface area contributed by atoms with E-state index in [1.54, 1.807) is 0 Å². The average Bonchev–Trinajstić information content (AvgIpc) is 1.85. The first-order valence-corrected chi connectivity index (χ1v) is 3.76. The minimum atomic E-state index is -0.759. The lowest BCUT2D eigenvalue weighted by atomic mass is 9.86. The van der Waals surface area contributed by atoms with Gasteiger partial charge in [-0.2, -0.15) is 0 Å². The molecule has 0 saturated carbocycles. The zero-order valence-corrected chi connectivity index (χ0v) is 6.66. The molecule has 1 unspecified atom stereocenters. The molecule has 3 N–H and O–H groups in total. The Bertz CT molecular complexity index is 155. The van der Waals surface area contributed by atoms with E-state index in [0.717, 1.165) is 13.1 Å². The smallest absolute Gasteiger partial charge is 0.308 e. The molecule has 1 atom stereocenters. The third-order valence-corrected chi connectivity index (χ3v) is 2.23. The summed E-state index contributed by atoms with van der Waals surface area (Å²) in [5.74, 6) is -0.834. The number of likely N-dealkylation sites (tertiary alicyclic amines) is 1. The summed E-state index contributed by atoms with van der Waals surface area (Å²) in [7, 11) is 1.98. The van der Waals surface area contributed by atoms with Crippen LogP contribution in [0.25, 0.3) is 0 Å². The number of hydrogen-bond donors (Lipinski definition) is 2. The second-order valence-electron chi connectivity index (χ2n) is 3.16. The van der Waals surface area contributed by atoms with Crippen molar-refractivity contribution in [2.45, 2.75) is 0 Å². The van der Waals surface area contributed by atoms with E-state index in [-0.39, 0.29) is 18.4 Å². The fraction of sp³-hybridized carbons (Fsp3) is 0.857. The lowest BCUT2D eigenvalue weighted by molar-refractivity contribution is -0.145. The van der Waals surface area contributed by atoms with Crippen LogP contribution in [0.5, 0.6) is 0 Å². The Morgan fingerprint density at radius 1 is 1.82 bits per heavy atom. The first-order chi connectivity index (χ1) is 5.15. The van der Waals surface area contributed by atoms with Crippen molar-refractivity contribution >= 4 is 5.97 Å². The summed E-state index contributed by atoms with van der Waals surface area (Å²) in [5, 5.41) is 8.70. The number of nitrogens with zero attached hydrogens (tertiary/aromatic N) is 1. The van der Waals surface area contributed by atoms with Gasteiger partial charge in [-0.15, -0.1) is 0 Å². The monoisotopic (exact) mass is 158 g/mol. The Labute approximate surface area is 66.0 Å². The summed E-state index contributed by atoms with van der Waals surface area (Å²) in [6.45, 7) is 2.00. The molecule has 1 fully saturated rings. The van der Waals surface area contributed by atoms with Crippen LogP contribution in [0.4, 0.5) is 0 Å². The van der Waals surface area contributed by atoms with E-state index >= 15 is 0 Å². The van der Waals surface area contributed by atoms with Gasteiger partial charge in [-0.25, -0.2) is 0 Å². The first-order valence-electron chi connectivity index (χ1n) is 3.76. The molecule has 1 aliphatic heterocycles. The van der Waals surface area contributed by atoms with Crippen LogP contribution in [0, 0.1) is 11.8 Å². The summed E-state index contributed by atoms with van der Waals surface area (Å²) in [4.78, 5) is 12.7. The number of carboxylic acid groups (broad SMARTS) is 1. The van der Waals surface area contributed by atoms with Crippen molar-refractivity contribution in [3.05, 3.63) is 0 Å². The fourth-order valence-corrected chi connectivity index (χ4v) is 1.50. The van der Waals surface area contributed by atoms with Gasteiger partial charge in [-0.3, -0.25) is 4.79 Å². The molecule has 1 heterocycles. The summed E-state index contributed by atoms with van der Waals surface area (Å²) >= 11 is 0. The van der Waals surface area contributed by atoms with Crippen molar-refractivity contribution in [3.63, 3.8) is 0 Å². The second-order valence-corrected chi connectivity index (χ2v) is 3.16. The highest BCUT2D eigenvalue weighted by Crippen LogP contribution is 2.21. The van der Waals surface area contributed by atoms with Gasteiger partial charge in [-0.1, -0.05) is 0 Å². The van der Waals surface area contributed by atoms with E-state index in [9.17, 15) is 4.79 Å². The van der Waals surface area contributed by atoms with Gasteiger partial charge in [0.25, 0.3) is 0 Å². The van der Waals surface area contributed by atoms with Crippen LogP contribution in [0.15, 0.2) is 0 Å². The van der Waals surface area contributed by atoms with Crippen LogP contribution < -0.4 is 5.73 Å². The SMILES string of the molecule is CN1CC(C(CN)C(=O)O)C1. The number of carbonyl (C=O) groups is 1. The molecule has 11 heavy (non-hydrogen) atoms. The number of nitrogens with two attached hydrogens (primary N) is 1. The summed E-state index contributed by atoms with van der Waals surface area (Å²) < 4.78 is 0. The third-order valence-electron chi connectivity index (χ3n) is 2.23. The topological polar surface area (TPSA) is 66.6 Å². The molecule has 0 aromatic carbocycles. The van der Waals surface area contributed by atoms with Crippen LogP contribution in [0.2, 0.25) is 0 Å². The molecule has 0 spiro atoms. The molecule has 0 amide bonds. The maximum Gasteiger partial charge on any atom is 0.308 e. The van der Waals surface area contributed by atoms with Crippen molar-refractivity contribution in [2.75, 3.05) is 26.7 Å². The Hall–Kier alpha value is -0.610. The molecular weight excluding hydrogens is 144 g/mol. The average molecular weight is 158 g/mol. The predicted octanol–water partition coefficient (Wildman–Crippen LogP) is -0.792. The normalized spacial score (nSPS) is 22.7. The molecule has 1 saturated heterocycles. The molecule has 0 aromatic rings. The number of carboxylic acids is 1. The highest BCUT2D eigenvalue weighted by molar-refractivity contribution is 5.70. The van der Waals surface area contributed by atoms with Crippen LogP contribution in [0.1, 0.15) is 0 Å². The van der Waals surface area contributed by atoms with E-state index in [1.807, 2.05) is 7.05 Å². The molecule has 64 valence electrons. The van der Waals surface area contributed by atoms with Crippen LogP contribution in [-0.4, -0.2) is 42.7 Å². The van der Waals surface area contributed by atoms with Gasteiger partial charge < -0.3 is 15.7 Å². The third kappa shape index (κ3) is 1.70. The first kappa shape index (κ1) is 8.49. The largest absolute Gasteiger partial charge is 0.481 e. The molecule has 4 nitrogen and oxygen atoms in total. The Morgan fingerprint density at radius 3 is 2.64 bits per heavy atom. The van der Waals surface area contributed by atoms with E-state index in [2.05, 4.69) is 4.90 Å². The number of aliphatic carboxylic acids is 1. The predicted molar refractivity (Wildman–Crippen MR) is 41.2 cm³/mol. The number of rotatable bonds is 3. The molecule has 0 radical (unpaired) electrons. The van der Waals surface area contributed by atoms with Crippen LogP contribution in [-0.2, 0) is 4.79 Å².